The fraction of sp³-hybridized carbons (Fsp3) is 0.158. The van der Waals surface area contributed by atoms with Crippen LogP contribution in [0.4, 0.5) is 5.69 Å². The molecule has 3 rings (SSSR count). The van der Waals surface area contributed by atoms with Gasteiger partial charge in [0.2, 0.25) is 0 Å². The van der Waals surface area contributed by atoms with Crippen LogP contribution < -0.4 is 10.1 Å². The molecular formula is C19H18ClN3O2S. The number of rotatable bonds is 6. The molecule has 0 bridgehead atoms. The highest BCUT2D eigenvalue weighted by Gasteiger charge is 2.17. The maximum absolute atomic E-state index is 12.5. The van der Waals surface area contributed by atoms with E-state index in [1.807, 2.05) is 54.2 Å². The average Bonchev–Trinajstić information content (AvgIpc) is 3.03. The molecule has 1 atom stereocenters. The van der Waals surface area contributed by atoms with Gasteiger partial charge in [0.05, 0.1) is 5.69 Å². The highest BCUT2D eigenvalue weighted by atomic mass is 35.5. The van der Waals surface area contributed by atoms with Gasteiger partial charge in [0, 0.05) is 29.4 Å². The lowest BCUT2D eigenvalue weighted by Gasteiger charge is -2.16. The lowest BCUT2D eigenvalue weighted by Crippen LogP contribution is -2.30. The van der Waals surface area contributed by atoms with Gasteiger partial charge in [0.25, 0.3) is 5.91 Å². The number of imidazole rings is 1. The molecule has 0 aliphatic carbocycles. The summed E-state index contributed by atoms with van der Waals surface area (Å²) in [6.45, 7) is 1.71. The summed E-state index contributed by atoms with van der Waals surface area (Å²) in [6.07, 6.45) is 2.95. The van der Waals surface area contributed by atoms with Crippen LogP contribution in [0.5, 0.6) is 5.75 Å². The number of para-hydroxylation sites is 1. The Kier molecular flexibility index (Phi) is 5.85. The molecule has 1 heterocycles. The lowest BCUT2D eigenvalue weighted by atomic mass is 10.3. The third kappa shape index (κ3) is 4.59. The largest absolute Gasteiger partial charge is 0.481 e. The molecule has 0 saturated carbocycles. The molecular weight excluding hydrogens is 370 g/mol. The number of halogens is 1. The minimum absolute atomic E-state index is 0.252. The third-order valence-corrected chi connectivity index (χ3v) is 4.99. The van der Waals surface area contributed by atoms with Gasteiger partial charge in [-0.05, 0) is 49.0 Å². The van der Waals surface area contributed by atoms with Crippen LogP contribution in [0.15, 0.2) is 71.0 Å². The van der Waals surface area contributed by atoms with E-state index in [9.17, 15) is 4.79 Å². The van der Waals surface area contributed by atoms with Crippen molar-refractivity contribution in [3.63, 3.8) is 0 Å². The Balaban J connectivity index is 1.74. The van der Waals surface area contributed by atoms with E-state index in [0.717, 1.165) is 10.1 Å². The monoisotopic (exact) mass is 387 g/mol. The van der Waals surface area contributed by atoms with E-state index in [-0.39, 0.29) is 5.91 Å². The van der Waals surface area contributed by atoms with Crippen LogP contribution in [0, 0.1) is 0 Å². The van der Waals surface area contributed by atoms with Crippen molar-refractivity contribution in [3.05, 3.63) is 65.9 Å². The van der Waals surface area contributed by atoms with Gasteiger partial charge < -0.3 is 14.6 Å². The zero-order chi connectivity index (χ0) is 18.5. The molecule has 0 fully saturated rings. The van der Waals surface area contributed by atoms with Crippen LogP contribution in [0.1, 0.15) is 6.92 Å². The highest BCUT2D eigenvalue weighted by molar-refractivity contribution is 7.99. The van der Waals surface area contributed by atoms with Gasteiger partial charge in [-0.25, -0.2) is 4.98 Å². The van der Waals surface area contributed by atoms with Crippen molar-refractivity contribution >= 4 is 35.0 Å². The molecule has 7 heteroatoms. The SMILES string of the molecule is CC(Oc1ccccc1)C(=O)Nc1cc(Cl)ccc1Sc1nccn1C. The van der Waals surface area contributed by atoms with E-state index in [1.54, 1.807) is 25.3 Å². The number of carbonyl (C=O) groups is 1. The summed E-state index contributed by atoms with van der Waals surface area (Å²) in [5.41, 5.74) is 0.624. The standard InChI is InChI=1S/C19H18ClN3O2S/c1-13(25-15-6-4-3-5-7-15)18(24)22-16-12-14(20)8-9-17(16)26-19-21-10-11-23(19)2/h3-13H,1-2H3,(H,22,24). The molecule has 1 amide bonds. The Hall–Kier alpha value is -2.44. The first kappa shape index (κ1) is 18.4. The van der Waals surface area contributed by atoms with Gasteiger partial charge in [-0.15, -0.1) is 0 Å². The molecule has 0 saturated heterocycles. The zero-order valence-electron chi connectivity index (χ0n) is 14.3. The lowest BCUT2D eigenvalue weighted by molar-refractivity contribution is -0.122. The van der Waals surface area contributed by atoms with Gasteiger partial charge in [-0.2, -0.15) is 0 Å². The Morgan fingerprint density at radius 2 is 2.04 bits per heavy atom. The molecule has 1 aromatic heterocycles. The molecule has 5 nitrogen and oxygen atoms in total. The summed E-state index contributed by atoms with van der Waals surface area (Å²) < 4.78 is 7.58. The second-order valence-corrected chi connectivity index (χ2v) is 7.07. The van der Waals surface area contributed by atoms with Crippen LogP contribution >= 0.6 is 23.4 Å². The number of anilines is 1. The van der Waals surface area contributed by atoms with Crippen molar-refractivity contribution in [2.24, 2.45) is 7.05 Å². The Labute approximate surface area is 161 Å². The van der Waals surface area contributed by atoms with E-state index in [0.29, 0.717) is 16.5 Å². The second-order valence-electron chi connectivity index (χ2n) is 5.63. The molecule has 0 spiro atoms. The number of nitrogens with one attached hydrogen (secondary N) is 1. The molecule has 0 radical (unpaired) electrons. The number of nitrogens with zero attached hydrogens (tertiary/aromatic N) is 2. The number of hydrogen-bond acceptors (Lipinski definition) is 4. The third-order valence-electron chi connectivity index (χ3n) is 3.60. The minimum atomic E-state index is -0.651. The predicted molar refractivity (Wildman–Crippen MR) is 104 cm³/mol. The molecule has 1 N–H and O–H groups in total. The van der Waals surface area contributed by atoms with Crippen molar-refractivity contribution in [3.8, 4) is 5.75 Å². The minimum Gasteiger partial charge on any atom is -0.481 e. The van der Waals surface area contributed by atoms with Crippen molar-refractivity contribution in [1.82, 2.24) is 9.55 Å². The van der Waals surface area contributed by atoms with E-state index in [2.05, 4.69) is 10.3 Å². The normalized spacial score (nSPS) is 11.8. The molecule has 1 unspecified atom stereocenters. The van der Waals surface area contributed by atoms with E-state index in [4.69, 9.17) is 16.3 Å². The molecule has 2 aromatic carbocycles. The second kappa shape index (κ2) is 8.29. The number of amides is 1. The summed E-state index contributed by atoms with van der Waals surface area (Å²) in [4.78, 5) is 17.7. The van der Waals surface area contributed by atoms with Gasteiger partial charge in [-0.3, -0.25) is 4.79 Å². The molecule has 0 aliphatic rings. The maximum atomic E-state index is 12.5. The van der Waals surface area contributed by atoms with Crippen LogP contribution in [0.2, 0.25) is 5.02 Å². The van der Waals surface area contributed by atoms with E-state index >= 15 is 0 Å². The Morgan fingerprint density at radius 1 is 1.27 bits per heavy atom. The van der Waals surface area contributed by atoms with Crippen LogP contribution in [0.3, 0.4) is 0 Å². The quantitative estimate of drug-likeness (QED) is 0.669. The summed E-state index contributed by atoms with van der Waals surface area (Å²) in [5.74, 6) is 0.390. The first-order valence-electron chi connectivity index (χ1n) is 8.00. The van der Waals surface area contributed by atoms with Crippen molar-refractivity contribution < 1.29 is 9.53 Å². The summed E-state index contributed by atoms with van der Waals surface area (Å²) >= 11 is 7.56. The fourth-order valence-electron chi connectivity index (χ4n) is 2.23. The molecule has 134 valence electrons. The van der Waals surface area contributed by atoms with Gasteiger partial charge in [0.15, 0.2) is 11.3 Å². The van der Waals surface area contributed by atoms with Crippen LogP contribution in [0.25, 0.3) is 0 Å². The Bertz CT molecular complexity index is 899. The summed E-state index contributed by atoms with van der Waals surface area (Å²) in [6, 6.07) is 14.6. The van der Waals surface area contributed by atoms with E-state index < -0.39 is 6.10 Å². The van der Waals surface area contributed by atoms with Crippen LogP contribution in [-0.2, 0) is 11.8 Å². The fourth-order valence-corrected chi connectivity index (χ4v) is 3.27. The smallest absolute Gasteiger partial charge is 0.265 e. The number of ether oxygens (including phenoxy) is 1. The number of hydrogen-bond donors (Lipinski definition) is 1. The first-order valence-corrected chi connectivity index (χ1v) is 9.19. The molecule has 0 aliphatic heterocycles. The number of aromatic nitrogens is 2. The Morgan fingerprint density at radius 3 is 2.73 bits per heavy atom. The summed E-state index contributed by atoms with van der Waals surface area (Å²) in [7, 11) is 1.92. The molecule has 3 aromatic rings. The number of carbonyl (C=O) groups excluding carboxylic acids is 1. The van der Waals surface area contributed by atoms with Gasteiger partial charge in [0.1, 0.15) is 5.75 Å². The molecule has 26 heavy (non-hydrogen) atoms. The van der Waals surface area contributed by atoms with Gasteiger partial charge >= 0.3 is 0 Å². The topological polar surface area (TPSA) is 56.1 Å². The number of aryl methyl sites for hydroxylation is 1. The van der Waals surface area contributed by atoms with Crippen molar-refractivity contribution in [2.45, 2.75) is 23.1 Å². The maximum Gasteiger partial charge on any atom is 0.265 e. The van der Waals surface area contributed by atoms with E-state index in [1.165, 1.54) is 11.8 Å². The number of benzene rings is 2. The average molecular weight is 388 g/mol. The summed E-state index contributed by atoms with van der Waals surface area (Å²) in [5, 5.41) is 4.26. The van der Waals surface area contributed by atoms with Crippen LogP contribution in [-0.4, -0.2) is 21.6 Å². The highest BCUT2D eigenvalue weighted by Crippen LogP contribution is 2.34. The first-order chi connectivity index (χ1) is 12.5. The van der Waals surface area contributed by atoms with Crippen molar-refractivity contribution in [2.75, 3.05) is 5.32 Å². The predicted octanol–water partition coefficient (Wildman–Crippen LogP) is 4.63. The zero-order valence-corrected chi connectivity index (χ0v) is 15.9. The van der Waals surface area contributed by atoms with Crippen molar-refractivity contribution in [1.29, 1.82) is 0 Å². The van der Waals surface area contributed by atoms with Gasteiger partial charge in [-0.1, -0.05) is 29.8 Å².